The van der Waals surface area contributed by atoms with Gasteiger partial charge in [-0.25, -0.2) is 4.98 Å². The van der Waals surface area contributed by atoms with Crippen LogP contribution >= 0.6 is 22.7 Å². The van der Waals surface area contributed by atoms with E-state index in [-0.39, 0.29) is 0 Å². The summed E-state index contributed by atoms with van der Waals surface area (Å²) in [5.74, 6) is 0.614. The molecule has 0 amide bonds. The highest BCUT2D eigenvalue weighted by molar-refractivity contribution is 7.13. The van der Waals surface area contributed by atoms with Gasteiger partial charge in [0, 0.05) is 15.8 Å². The van der Waals surface area contributed by atoms with Crippen molar-refractivity contribution in [3.8, 4) is 38.0 Å². The Morgan fingerprint density at radius 2 is 1.54 bits per heavy atom. The molecule has 3 aromatic heterocycles. The van der Waals surface area contributed by atoms with Crippen molar-refractivity contribution in [2.45, 2.75) is 0 Å². The third-order valence-electron chi connectivity index (χ3n) is 4.55. The number of hydrogen-bond donors (Lipinski definition) is 1. The van der Waals surface area contributed by atoms with Gasteiger partial charge >= 0.3 is 0 Å². The molecular formula is C22H16N4S2. The molecule has 0 spiro atoms. The molecule has 4 nitrogen and oxygen atoms in total. The van der Waals surface area contributed by atoms with Crippen molar-refractivity contribution >= 4 is 28.5 Å². The topological polar surface area (TPSA) is 56.7 Å². The zero-order chi connectivity index (χ0) is 18.9. The lowest BCUT2D eigenvalue weighted by Crippen LogP contribution is -2.01. The van der Waals surface area contributed by atoms with E-state index in [2.05, 4.69) is 53.6 Å². The molecule has 5 aromatic rings. The fourth-order valence-corrected chi connectivity index (χ4v) is 4.64. The largest absolute Gasteiger partial charge is 0.383 e. The smallest absolute Gasteiger partial charge is 0.212 e. The maximum absolute atomic E-state index is 6.33. The van der Waals surface area contributed by atoms with Gasteiger partial charge in [-0.15, -0.1) is 22.7 Å². The molecule has 0 aliphatic rings. The van der Waals surface area contributed by atoms with Gasteiger partial charge in [-0.05, 0) is 22.6 Å². The number of thiophene rings is 1. The van der Waals surface area contributed by atoms with Gasteiger partial charge < -0.3 is 5.73 Å². The molecule has 0 radical (unpaired) electrons. The molecule has 2 aromatic carbocycles. The lowest BCUT2D eigenvalue weighted by molar-refractivity contribution is 0.881. The van der Waals surface area contributed by atoms with Crippen molar-refractivity contribution in [2.24, 2.45) is 0 Å². The van der Waals surface area contributed by atoms with Crippen LogP contribution in [0.5, 0.6) is 0 Å². The third-order valence-corrected chi connectivity index (χ3v) is 6.27. The minimum absolute atomic E-state index is 0.614. The number of rotatable bonds is 4. The number of anilines is 1. The van der Waals surface area contributed by atoms with Crippen LogP contribution in [0.3, 0.4) is 0 Å². The summed E-state index contributed by atoms with van der Waals surface area (Å²) in [7, 11) is 0. The minimum atomic E-state index is 0.614. The highest BCUT2D eigenvalue weighted by Crippen LogP contribution is 2.33. The molecule has 0 bridgehead atoms. The molecule has 28 heavy (non-hydrogen) atoms. The molecule has 0 aliphatic heterocycles. The van der Waals surface area contributed by atoms with Gasteiger partial charge in [-0.1, -0.05) is 60.7 Å². The predicted molar refractivity (Wildman–Crippen MR) is 118 cm³/mol. The Morgan fingerprint density at radius 3 is 2.29 bits per heavy atom. The monoisotopic (exact) mass is 400 g/mol. The SMILES string of the molecule is Nc1c(-c2cccs2)cnn1-c1nc(-c2ccc(-c3ccccc3)cc2)cs1. The van der Waals surface area contributed by atoms with E-state index in [1.165, 1.54) is 22.5 Å². The molecule has 2 N–H and O–H groups in total. The Kier molecular flexibility index (Phi) is 4.27. The van der Waals surface area contributed by atoms with Gasteiger partial charge in [-0.3, -0.25) is 0 Å². The fourth-order valence-electron chi connectivity index (χ4n) is 3.09. The van der Waals surface area contributed by atoms with Crippen LogP contribution in [0.4, 0.5) is 5.82 Å². The van der Waals surface area contributed by atoms with Crippen LogP contribution in [-0.2, 0) is 0 Å². The molecule has 0 unspecified atom stereocenters. The van der Waals surface area contributed by atoms with Crippen molar-refractivity contribution < 1.29 is 0 Å². The first-order valence-electron chi connectivity index (χ1n) is 8.79. The molecule has 136 valence electrons. The zero-order valence-electron chi connectivity index (χ0n) is 14.8. The highest BCUT2D eigenvalue weighted by atomic mass is 32.1. The summed E-state index contributed by atoms with van der Waals surface area (Å²) in [5.41, 5.74) is 11.7. The second-order valence-corrected chi connectivity index (χ2v) is 8.08. The Balaban J connectivity index is 1.44. The van der Waals surface area contributed by atoms with E-state index in [9.17, 15) is 0 Å². The Bertz CT molecular complexity index is 1200. The van der Waals surface area contributed by atoms with E-state index >= 15 is 0 Å². The summed E-state index contributed by atoms with van der Waals surface area (Å²) in [6.07, 6.45) is 1.80. The maximum atomic E-state index is 6.33. The summed E-state index contributed by atoms with van der Waals surface area (Å²) in [6, 6.07) is 22.9. The molecule has 5 rings (SSSR count). The van der Waals surface area contributed by atoms with Gasteiger partial charge in [0.25, 0.3) is 0 Å². The number of nitrogens with zero attached hydrogens (tertiary/aromatic N) is 3. The van der Waals surface area contributed by atoms with Crippen LogP contribution in [0.15, 0.2) is 83.7 Å². The highest BCUT2D eigenvalue weighted by Gasteiger charge is 2.15. The molecule has 0 saturated heterocycles. The van der Waals surface area contributed by atoms with E-state index < -0.39 is 0 Å². The fraction of sp³-hybridized carbons (Fsp3) is 0. The second-order valence-electron chi connectivity index (χ2n) is 6.29. The average Bonchev–Trinajstić information content (AvgIpc) is 3.49. The predicted octanol–water partition coefficient (Wildman–Crippen LogP) is 5.97. The summed E-state index contributed by atoms with van der Waals surface area (Å²) in [6.45, 7) is 0. The normalized spacial score (nSPS) is 11.0. The van der Waals surface area contributed by atoms with Gasteiger partial charge in [0.1, 0.15) is 5.82 Å². The number of hydrogen-bond acceptors (Lipinski definition) is 5. The Hall–Kier alpha value is -3.22. The van der Waals surface area contributed by atoms with Crippen molar-refractivity contribution in [1.29, 1.82) is 0 Å². The van der Waals surface area contributed by atoms with E-state index in [1.54, 1.807) is 22.2 Å². The van der Waals surface area contributed by atoms with Crippen LogP contribution < -0.4 is 5.73 Å². The number of nitrogen functional groups attached to an aromatic ring is 1. The first-order chi connectivity index (χ1) is 13.8. The molecule has 3 heterocycles. The second kappa shape index (κ2) is 7.07. The average molecular weight is 401 g/mol. The van der Waals surface area contributed by atoms with Crippen molar-refractivity contribution in [2.75, 3.05) is 5.73 Å². The van der Waals surface area contributed by atoms with Crippen molar-refractivity contribution in [3.05, 3.63) is 83.7 Å². The van der Waals surface area contributed by atoms with E-state index in [0.29, 0.717) is 5.82 Å². The molecule has 0 fully saturated rings. The minimum Gasteiger partial charge on any atom is -0.383 e. The molecule has 0 atom stereocenters. The van der Waals surface area contributed by atoms with Crippen LogP contribution in [0.2, 0.25) is 0 Å². The first kappa shape index (κ1) is 16.9. The summed E-state index contributed by atoms with van der Waals surface area (Å²) in [5, 5.41) is 9.29. The van der Waals surface area contributed by atoms with Crippen molar-refractivity contribution in [3.63, 3.8) is 0 Å². The third kappa shape index (κ3) is 3.02. The van der Waals surface area contributed by atoms with E-state index in [0.717, 1.165) is 26.8 Å². The van der Waals surface area contributed by atoms with Crippen molar-refractivity contribution in [1.82, 2.24) is 14.8 Å². The summed E-state index contributed by atoms with van der Waals surface area (Å²) in [4.78, 5) is 5.86. The number of nitrogens with two attached hydrogens (primary N) is 1. The summed E-state index contributed by atoms with van der Waals surface area (Å²) < 4.78 is 1.71. The van der Waals surface area contributed by atoms with E-state index in [4.69, 9.17) is 10.7 Å². The molecule has 0 aliphatic carbocycles. The zero-order valence-corrected chi connectivity index (χ0v) is 16.5. The van der Waals surface area contributed by atoms with Gasteiger partial charge in [0.05, 0.1) is 17.5 Å². The number of benzene rings is 2. The Labute approximate surface area is 170 Å². The van der Waals surface area contributed by atoms with Crippen LogP contribution in [0.25, 0.3) is 38.0 Å². The molecular weight excluding hydrogens is 384 g/mol. The lowest BCUT2D eigenvalue weighted by Gasteiger charge is -2.03. The van der Waals surface area contributed by atoms with Gasteiger partial charge in [-0.2, -0.15) is 9.78 Å². The standard InChI is InChI=1S/C22H16N4S2/c23-21-18(20-7-4-12-27-20)13-24-26(21)22-25-19(14-28-22)17-10-8-16(9-11-17)15-5-2-1-3-6-15/h1-14H,23H2. The lowest BCUT2D eigenvalue weighted by atomic mass is 10.0. The van der Waals surface area contributed by atoms with Gasteiger partial charge in [0.15, 0.2) is 0 Å². The molecule has 6 heteroatoms. The van der Waals surface area contributed by atoms with Crippen LogP contribution in [0.1, 0.15) is 0 Å². The number of aromatic nitrogens is 3. The maximum Gasteiger partial charge on any atom is 0.212 e. The van der Waals surface area contributed by atoms with Crippen LogP contribution in [-0.4, -0.2) is 14.8 Å². The van der Waals surface area contributed by atoms with Crippen LogP contribution in [0, 0.1) is 0 Å². The summed E-state index contributed by atoms with van der Waals surface area (Å²) >= 11 is 3.19. The van der Waals surface area contributed by atoms with E-state index in [1.807, 2.05) is 29.0 Å². The quantitative estimate of drug-likeness (QED) is 0.404. The Morgan fingerprint density at radius 1 is 0.786 bits per heavy atom. The van der Waals surface area contributed by atoms with Gasteiger partial charge in [0.2, 0.25) is 5.13 Å². The number of thiazole rings is 1. The first-order valence-corrected chi connectivity index (χ1v) is 10.5. The molecule has 0 saturated carbocycles.